The first kappa shape index (κ1) is 12.5. The second-order valence-electron chi connectivity index (χ2n) is 2.29. The van der Waals surface area contributed by atoms with E-state index in [2.05, 4.69) is 20.8 Å². The van der Waals surface area contributed by atoms with Gasteiger partial charge in [-0.05, 0) is 18.1 Å². The van der Waals surface area contributed by atoms with Gasteiger partial charge in [0.25, 0.3) is 0 Å². The Labute approximate surface area is 71.7 Å². The van der Waals surface area contributed by atoms with Crippen molar-refractivity contribution in [2.75, 3.05) is 0 Å². The van der Waals surface area contributed by atoms with Crippen LogP contribution in [0.2, 0.25) is 18.1 Å². The van der Waals surface area contributed by atoms with Crippen molar-refractivity contribution in [3.63, 3.8) is 0 Å². The van der Waals surface area contributed by atoms with Crippen molar-refractivity contribution in [3.8, 4) is 0 Å². The van der Waals surface area contributed by atoms with Gasteiger partial charge >= 0.3 is 0 Å². The van der Waals surface area contributed by atoms with Crippen molar-refractivity contribution < 1.29 is 24.3 Å². The van der Waals surface area contributed by atoms with Crippen molar-refractivity contribution in [3.05, 3.63) is 0 Å². The Bertz CT molecular complexity index is 55.8. The van der Waals surface area contributed by atoms with Crippen molar-refractivity contribution in [1.29, 1.82) is 0 Å². The third kappa shape index (κ3) is 4.24. The second-order valence-corrected chi connectivity index (χ2v) is 6.86. The van der Waals surface area contributed by atoms with E-state index in [4.69, 9.17) is 0 Å². The third-order valence-corrected chi connectivity index (χ3v) is 5.92. The van der Waals surface area contributed by atoms with E-state index in [9.17, 15) is 4.80 Å². The van der Waals surface area contributed by atoms with Crippen LogP contribution in [0.15, 0.2) is 0 Å². The fraction of sp³-hybridized carbons (Fsp3) is 1.00. The molecule has 0 saturated heterocycles. The van der Waals surface area contributed by atoms with E-state index in [0.717, 1.165) is 18.1 Å². The summed E-state index contributed by atoms with van der Waals surface area (Å²) in [7, 11) is -1.67. The van der Waals surface area contributed by atoms with Gasteiger partial charge in [-0.25, -0.2) is 0 Å². The molecule has 3 heteroatoms. The maximum Gasteiger partial charge on any atom is 0.187 e. The molecule has 0 aromatic carbocycles. The Morgan fingerprint density at radius 2 is 1.22 bits per heavy atom. The Morgan fingerprint density at radius 1 is 1.00 bits per heavy atom. The maximum absolute atomic E-state index is 9.58. The molecular weight excluding hydrogens is 182 g/mol. The fourth-order valence-electron chi connectivity index (χ4n) is 0.750. The number of hydrogen-bond donors (Lipinski definition) is 1. The van der Waals surface area contributed by atoms with Gasteiger partial charge in [0.15, 0.2) is 8.32 Å². The Balaban J connectivity index is 0. The molecule has 0 unspecified atom stereocenters. The molecule has 0 bridgehead atoms. The Hall–Kier alpha value is 0.800. The van der Waals surface area contributed by atoms with E-state index in [1.54, 1.807) is 0 Å². The molecule has 0 rings (SSSR count). The summed E-state index contributed by atoms with van der Waals surface area (Å²) in [5.41, 5.74) is 0. The molecule has 0 saturated carbocycles. The normalized spacial score (nSPS) is 10.7. The Kier molecular flexibility index (Phi) is 7.73. The molecule has 0 aliphatic heterocycles. The Morgan fingerprint density at radius 3 is 1.22 bits per heavy atom. The zero-order valence-corrected chi connectivity index (χ0v) is 10.7. The van der Waals surface area contributed by atoms with Crippen LogP contribution in [-0.2, 0) is 19.5 Å². The van der Waals surface area contributed by atoms with Gasteiger partial charge in [0.1, 0.15) is 0 Å². The first-order chi connectivity index (χ1) is 3.68. The van der Waals surface area contributed by atoms with Crippen LogP contribution in [0, 0.1) is 0 Å². The monoisotopic (exact) mass is 196 g/mol. The van der Waals surface area contributed by atoms with Crippen LogP contribution in [0.1, 0.15) is 20.8 Å². The smallest absolute Gasteiger partial charge is 0.187 e. The van der Waals surface area contributed by atoms with Crippen LogP contribution in [0.4, 0.5) is 0 Å². The van der Waals surface area contributed by atoms with E-state index >= 15 is 0 Å². The molecular formula is C6H16OSiZn. The molecule has 0 atom stereocenters. The van der Waals surface area contributed by atoms with Gasteiger partial charge in [-0.3, -0.25) is 0 Å². The van der Waals surface area contributed by atoms with E-state index in [1.165, 1.54) is 0 Å². The molecule has 1 nitrogen and oxygen atoms in total. The van der Waals surface area contributed by atoms with Crippen LogP contribution in [0.5, 0.6) is 0 Å². The minimum absolute atomic E-state index is 0. The van der Waals surface area contributed by atoms with Gasteiger partial charge < -0.3 is 4.80 Å². The quantitative estimate of drug-likeness (QED) is 0.686. The summed E-state index contributed by atoms with van der Waals surface area (Å²) in [6.45, 7) is 6.25. The van der Waals surface area contributed by atoms with Crippen molar-refractivity contribution in [2.24, 2.45) is 0 Å². The van der Waals surface area contributed by atoms with Gasteiger partial charge in [-0.2, -0.15) is 0 Å². The molecule has 9 heavy (non-hydrogen) atoms. The zero-order valence-electron chi connectivity index (χ0n) is 6.78. The summed E-state index contributed by atoms with van der Waals surface area (Å²) >= 11 is 0. The van der Waals surface area contributed by atoms with Crippen molar-refractivity contribution in [2.45, 2.75) is 38.9 Å². The van der Waals surface area contributed by atoms with Crippen LogP contribution in [0.25, 0.3) is 0 Å². The van der Waals surface area contributed by atoms with Gasteiger partial charge in [0, 0.05) is 19.5 Å². The minimum Gasteiger partial charge on any atom is -0.432 e. The van der Waals surface area contributed by atoms with Gasteiger partial charge in [-0.1, -0.05) is 20.8 Å². The van der Waals surface area contributed by atoms with E-state index in [-0.39, 0.29) is 19.5 Å². The average Bonchev–Trinajstić information content (AvgIpc) is 1.87. The maximum atomic E-state index is 9.58. The van der Waals surface area contributed by atoms with Crippen LogP contribution in [0.3, 0.4) is 0 Å². The summed E-state index contributed by atoms with van der Waals surface area (Å²) in [6, 6.07) is 3.04. The summed E-state index contributed by atoms with van der Waals surface area (Å²) in [6.07, 6.45) is 0. The minimum atomic E-state index is -1.67. The third-order valence-electron chi connectivity index (χ3n) is 1.97. The zero-order chi connectivity index (χ0) is 6.62. The SMILES string of the molecule is CC[Si](O)(CC)CC.[Zn]. The molecule has 0 fully saturated rings. The van der Waals surface area contributed by atoms with Gasteiger partial charge in [0.2, 0.25) is 0 Å². The van der Waals surface area contributed by atoms with E-state index in [0.29, 0.717) is 0 Å². The molecule has 0 aromatic heterocycles. The summed E-state index contributed by atoms with van der Waals surface area (Å²) < 4.78 is 0. The molecule has 0 aromatic rings. The van der Waals surface area contributed by atoms with Crippen LogP contribution in [-0.4, -0.2) is 13.1 Å². The van der Waals surface area contributed by atoms with Crippen molar-refractivity contribution >= 4 is 8.32 Å². The standard InChI is InChI=1S/C6H16OSi.Zn/c1-4-8(7,5-2)6-3;/h7H,4-6H2,1-3H3;. The topological polar surface area (TPSA) is 20.2 Å². The first-order valence-corrected chi connectivity index (χ1v) is 5.97. The van der Waals surface area contributed by atoms with Crippen molar-refractivity contribution in [1.82, 2.24) is 0 Å². The van der Waals surface area contributed by atoms with Crippen LogP contribution >= 0.6 is 0 Å². The summed E-state index contributed by atoms with van der Waals surface area (Å²) in [4.78, 5) is 9.58. The largest absolute Gasteiger partial charge is 0.432 e. The molecule has 0 amide bonds. The predicted octanol–water partition coefficient (Wildman–Crippen LogP) is 1.98. The molecule has 0 radical (unpaired) electrons. The predicted molar refractivity (Wildman–Crippen MR) is 39.4 cm³/mol. The average molecular weight is 198 g/mol. The van der Waals surface area contributed by atoms with Gasteiger partial charge in [0.05, 0.1) is 0 Å². The molecule has 52 valence electrons. The summed E-state index contributed by atoms with van der Waals surface area (Å²) in [5.74, 6) is 0. The molecule has 0 aliphatic carbocycles. The van der Waals surface area contributed by atoms with Gasteiger partial charge in [-0.15, -0.1) is 0 Å². The van der Waals surface area contributed by atoms with E-state index < -0.39 is 8.32 Å². The fourth-order valence-corrected chi connectivity index (χ4v) is 2.25. The first-order valence-electron chi connectivity index (χ1n) is 3.41. The summed E-state index contributed by atoms with van der Waals surface area (Å²) in [5, 5.41) is 0. The number of rotatable bonds is 3. The molecule has 0 spiro atoms. The number of hydrogen-bond acceptors (Lipinski definition) is 1. The molecule has 0 heterocycles. The molecule has 0 aliphatic rings. The second kappa shape index (κ2) is 5.57. The molecule has 1 N–H and O–H groups in total. The van der Waals surface area contributed by atoms with E-state index in [1.807, 2.05) is 0 Å². The van der Waals surface area contributed by atoms with Crippen LogP contribution < -0.4 is 0 Å².